The molecular formula is C15H16ClN3O. The van der Waals surface area contributed by atoms with Crippen LogP contribution in [0.2, 0.25) is 5.02 Å². The summed E-state index contributed by atoms with van der Waals surface area (Å²) >= 11 is 6.24. The molecule has 0 saturated heterocycles. The molecule has 5 heteroatoms. The van der Waals surface area contributed by atoms with E-state index in [1.807, 2.05) is 13.8 Å². The molecule has 0 radical (unpaired) electrons. The molecule has 0 saturated carbocycles. The number of hydrogen-bond acceptors (Lipinski definition) is 3. The van der Waals surface area contributed by atoms with Crippen LogP contribution in [0.5, 0.6) is 0 Å². The minimum atomic E-state index is -0.706. The molecule has 2 aromatic rings. The molecule has 20 heavy (non-hydrogen) atoms. The highest BCUT2D eigenvalue weighted by molar-refractivity contribution is 6.31. The fraction of sp³-hybridized carbons (Fsp3) is 0.333. The maximum Gasteiger partial charge on any atom is 0.0991 e. The Bertz CT molecular complexity index is 658. The van der Waals surface area contributed by atoms with Crippen LogP contribution < -0.4 is 0 Å². The van der Waals surface area contributed by atoms with Crippen LogP contribution in [0.4, 0.5) is 0 Å². The maximum atomic E-state index is 10.3. The summed E-state index contributed by atoms with van der Waals surface area (Å²) in [5.74, 6) is 0. The van der Waals surface area contributed by atoms with Crippen LogP contribution in [0.15, 0.2) is 24.3 Å². The van der Waals surface area contributed by atoms with Crippen LogP contribution in [0.1, 0.15) is 35.5 Å². The maximum absolute atomic E-state index is 10.3. The van der Waals surface area contributed by atoms with Crippen LogP contribution in [0.3, 0.4) is 0 Å². The van der Waals surface area contributed by atoms with Crippen molar-refractivity contribution in [2.45, 2.75) is 32.9 Å². The molecule has 1 atom stereocenters. The molecule has 4 nitrogen and oxygen atoms in total. The van der Waals surface area contributed by atoms with Gasteiger partial charge in [0.2, 0.25) is 0 Å². The Balaban J connectivity index is 2.27. The van der Waals surface area contributed by atoms with Gasteiger partial charge in [-0.05, 0) is 31.5 Å². The molecule has 0 aliphatic rings. The van der Waals surface area contributed by atoms with Crippen molar-refractivity contribution in [2.75, 3.05) is 0 Å². The first kappa shape index (κ1) is 14.6. The minimum Gasteiger partial charge on any atom is -0.388 e. The Kier molecular flexibility index (Phi) is 4.43. The Morgan fingerprint density at radius 1 is 1.50 bits per heavy atom. The van der Waals surface area contributed by atoms with Crippen molar-refractivity contribution < 1.29 is 5.11 Å². The largest absolute Gasteiger partial charge is 0.388 e. The predicted molar refractivity (Wildman–Crippen MR) is 77.5 cm³/mol. The number of aliphatic hydroxyl groups is 1. The lowest BCUT2D eigenvalue weighted by molar-refractivity contribution is 0.175. The Morgan fingerprint density at radius 2 is 2.25 bits per heavy atom. The number of nitrogens with zero attached hydrogens (tertiary/aromatic N) is 3. The van der Waals surface area contributed by atoms with Gasteiger partial charge in [0.25, 0.3) is 0 Å². The molecule has 1 N–H and O–H groups in total. The summed E-state index contributed by atoms with van der Waals surface area (Å²) < 4.78 is 1.80. The molecule has 0 bridgehead atoms. The van der Waals surface area contributed by atoms with E-state index in [2.05, 4.69) is 11.2 Å². The van der Waals surface area contributed by atoms with Crippen LogP contribution in [0, 0.1) is 18.3 Å². The first-order chi connectivity index (χ1) is 9.56. The third-order valence-electron chi connectivity index (χ3n) is 3.24. The Hall–Kier alpha value is -1.83. The summed E-state index contributed by atoms with van der Waals surface area (Å²) in [5, 5.41) is 24.2. The normalized spacial score (nSPS) is 12.2. The van der Waals surface area contributed by atoms with Gasteiger partial charge in [0.1, 0.15) is 0 Å². The van der Waals surface area contributed by atoms with Crippen molar-refractivity contribution in [1.29, 1.82) is 5.26 Å². The number of aromatic nitrogens is 2. The second-order valence-corrected chi connectivity index (χ2v) is 5.00. The van der Waals surface area contributed by atoms with E-state index < -0.39 is 6.10 Å². The topological polar surface area (TPSA) is 61.8 Å². The summed E-state index contributed by atoms with van der Waals surface area (Å²) in [4.78, 5) is 0. The van der Waals surface area contributed by atoms with Crippen LogP contribution in [-0.4, -0.2) is 14.9 Å². The van der Waals surface area contributed by atoms with E-state index in [-0.39, 0.29) is 0 Å². The second-order valence-electron chi connectivity index (χ2n) is 4.62. The van der Waals surface area contributed by atoms with E-state index in [1.54, 1.807) is 28.9 Å². The summed E-state index contributed by atoms with van der Waals surface area (Å²) in [5.41, 5.74) is 2.83. The number of aryl methyl sites for hydroxylation is 2. The highest BCUT2D eigenvalue weighted by atomic mass is 35.5. The van der Waals surface area contributed by atoms with Crippen LogP contribution >= 0.6 is 11.6 Å². The fourth-order valence-electron chi connectivity index (χ4n) is 2.18. The molecule has 1 unspecified atom stereocenters. The van der Waals surface area contributed by atoms with Gasteiger partial charge in [-0.15, -0.1) is 0 Å². The third kappa shape index (κ3) is 2.84. The van der Waals surface area contributed by atoms with Gasteiger partial charge in [0.05, 0.1) is 34.1 Å². The van der Waals surface area contributed by atoms with Crippen LogP contribution in [0.25, 0.3) is 0 Å². The zero-order valence-corrected chi connectivity index (χ0v) is 12.2. The minimum absolute atomic E-state index is 0.377. The lowest BCUT2D eigenvalue weighted by Gasteiger charge is -2.12. The van der Waals surface area contributed by atoms with E-state index >= 15 is 0 Å². The quantitative estimate of drug-likeness (QED) is 0.941. The molecule has 0 spiro atoms. The highest BCUT2D eigenvalue weighted by Gasteiger charge is 2.17. The summed E-state index contributed by atoms with van der Waals surface area (Å²) in [6, 6.07) is 9.04. The first-order valence-corrected chi connectivity index (χ1v) is 6.84. The van der Waals surface area contributed by atoms with Gasteiger partial charge in [0, 0.05) is 13.0 Å². The summed E-state index contributed by atoms with van der Waals surface area (Å²) in [6.45, 7) is 4.53. The monoisotopic (exact) mass is 289 g/mol. The molecule has 1 aromatic heterocycles. The number of rotatable bonds is 4. The van der Waals surface area contributed by atoms with Gasteiger partial charge in [-0.2, -0.15) is 10.4 Å². The lowest BCUT2D eigenvalue weighted by Crippen LogP contribution is -2.09. The predicted octanol–water partition coefficient (Wildman–Crippen LogP) is 3.01. The number of hydrogen-bond donors (Lipinski definition) is 1. The fourth-order valence-corrected chi connectivity index (χ4v) is 2.39. The third-order valence-corrected chi connectivity index (χ3v) is 3.73. The molecule has 0 aliphatic carbocycles. The molecule has 0 aliphatic heterocycles. The van der Waals surface area contributed by atoms with Crippen molar-refractivity contribution in [2.24, 2.45) is 0 Å². The van der Waals surface area contributed by atoms with Gasteiger partial charge in [-0.1, -0.05) is 23.7 Å². The molecule has 0 amide bonds. The van der Waals surface area contributed by atoms with Gasteiger partial charge in [-0.3, -0.25) is 4.68 Å². The first-order valence-electron chi connectivity index (χ1n) is 6.46. The second kappa shape index (κ2) is 6.08. The van der Waals surface area contributed by atoms with E-state index in [1.165, 1.54) is 0 Å². The molecule has 0 fully saturated rings. The SMILES string of the molecule is CCn1nc(C)c(Cl)c1CC(O)c1cccc(C#N)c1. The average Bonchev–Trinajstić information content (AvgIpc) is 2.75. The standard InChI is InChI=1S/C15H16ClN3O/c1-3-19-13(15(16)10(2)18-19)8-14(20)12-6-4-5-11(7-12)9-17/h4-7,14,20H,3,8H2,1-2H3. The molecule has 1 heterocycles. The molecule has 1 aromatic carbocycles. The number of benzene rings is 1. The molecule has 2 rings (SSSR count). The Labute approximate surface area is 123 Å². The van der Waals surface area contributed by atoms with E-state index in [4.69, 9.17) is 16.9 Å². The summed E-state index contributed by atoms with van der Waals surface area (Å²) in [7, 11) is 0. The number of aliphatic hydroxyl groups excluding tert-OH is 1. The average molecular weight is 290 g/mol. The van der Waals surface area contributed by atoms with E-state index in [0.29, 0.717) is 29.1 Å². The van der Waals surface area contributed by atoms with Crippen molar-refractivity contribution in [1.82, 2.24) is 9.78 Å². The molecule has 104 valence electrons. The van der Waals surface area contributed by atoms with Crippen molar-refractivity contribution in [3.8, 4) is 6.07 Å². The smallest absolute Gasteiger partial charge is 0.0991 e. The van der Waals surface area contributed by atoms with E-state index in [9.17, 15) is 5.11 Å². The van der Waals surface area contributed by atoms with E-state index in [0.717, 1.165) is 11.4 Å². The Morgan fingerprint density at radius 3 is 2.90 bits per heavy atom. The van der Waals surface area contributed by atoms with Crippen molar-refractivity contribution in [3.05, 3.63) is 51.8 Å². The zero-order chi connectivity index (χ0) is 14.7. The van der Waals surface area contributed by atoms with Gasteiger partial charge in [0.15, 0.2) is 0 Å². The van der Waals surface area contributed by atoms with Gasteiger partial charge >= 0.3 is 0 Å². The van der Waals surface area contributed by atoms with Crippen molar-refractivity contribution in [3.63, 3.8) is 0 Å². The number of nitriles is 1. The molecular weight excluding hydrogens is 274 g/mol. The zero-order valence-electron chi connectivity index (χ0n) is 11.5. The highest BCUT2D eigenvalue weighted by Crippen LogP contribution is 2.26. The van der Waals surface area contributed by atoms with Gasteiger partial charge in [-0.25, -0.2) is 0 Å². The number of halogens is 1. The summed E-state index contributed by atoms with van der Waals surface area (Å²) in [6.07, 6.45) is -0.329. The lowest BCUT2D eigenvalue weighted by atomic mass is 10.0. The van der Waals surface area contributed by atoms with Gasteiger partial charge < -0.3 is 5.11 Å². The van der Waals surface area contributed by atoms with Crippen LogP contribution in [-0.2, 0) is 13.0 Å². The van der Waals surface area contributed by atoms with Crippen molar-refractivity contribution >= 4 is 11.6 Å².